The van der Waals surface area contributed by atoms with E-state index in [-0.39, 0.29) is 5.28 Å². The van der Waals surface area contributed by atoms with Crippen molar-refractivity contribution in [3.8, 4) is 11.1 Å². The molecule has 0 aliphatic carbocycles. The zero-order valence-electron chi connectivity index (χ0n) is 9.47. The molecule has 3 nitrogen and oxygen atoms in total. The molecule has 88 valence electrons. The van der Waals surface area contributed by atoms with E-state index in [9.17, 15) is 0 Å². The predicted octanol–water partition coefficient (Wildman–Crippen LogP) is 3.53. The standard InChI is InChI=1S/C14H10ClN3/c15-14-17-12-10(9-5-2-1-3-6-9)7-4-8-11(12)13(16)18-14/h1-8H,(H2,16,17,18). The quantitative estimate of drug-likeness (QED) is 0.677. The molecule has 0 radical (unpaired) electrons. The highest BCUT2D eigenvalue weighted by atomic mass is 35.5. The van der Waals surface area contributed by atoms with Gasteiger partial charge in [-0.3, -0.25) is 0 Å². The van der Waals surface area contributed by atoms with Gasteiger partial charge in [-0.2, -0.15) is 0 Å². The van der Waals surface area contributed by atoms with E-state index in [1.165, 1.54) is 0 Å². The average molecular weight is 256 g/mol. The number of aromatic nitrogens is 2. The molecular formula is C14H10ClN3. The van der Waals surface area contributed by atoms with Crippen molar-refractivity contribution in [3.05, 3.63) is 53.8 Å². The van der Waals surface area contributed by atoms with E-state index < -0.39 is 0 Å². The summed E-state index contributed by atoms with van der Waals surface area (Å²) in [6.45, 7) is 0. The van der Waals surface area contributed by atoms with E-state index in [2.05, 4.69) is 9.97 Å². The monoisotopic (exact) mass is 255 g/mol. The average Bonchev–Trinajstić information content (AvgIpc) is 2.39. The normalized spacial score (nSPS) is 10.7. The van der Waals surface area contributed by atoms with Crippen molar-refractivity contribution in [1.29, 1.82) is 0 Å². The molecule has 0 bridgehead atoms. The Balaban J connectivity index is 2.37. The maximum absolute atomic E-state index is 5.88. The van der Waals surface area contributed by atoms with Gasteiger partial charge in [-0.05, 0) is 23.2 Å². The van der Waals surface area contributed by atoms with Crippen molar-refractivity contribution >= 4 is 28.3 Å². The van der Waals surface area contributed by atoms with Crippen molar-refractivity contribution in [2.45, 2.75) is 0 Å². The minimum absolute atomic E-state index is 0.170. The molecule has 0 spiro atoms. The molecule has 0 aliphatic heterocycles. The van der Waals surface area contributed by atoms with Crippen LogP contribution in [0.25, 0.3) is 22.0 Å². The lowest BCUT2D eigenvalue weighted by atomic mass is 10.0. The second kappa shape index (κ2) is 4.27. The number of fused-ring (bicyclic) bond motifs is 1. The molecule has 4 heteroatoms. The Morgan fingerprint density at radius 1 is 0.889 bits per heavy atom. The van der Waals surface area contributed by atoms with Gasteiger partial charge in [-0.1, -0.05) is 42.5 Å². The van der Waals surface area contributed by atoms with Gasteiger partial charge in [0.1, 0.15) is 5.82 Å². The van der Waals surface area contributed by atoms with Crippen LogP contribution in [0.15, 0.2) is 48.5 Å². The van der Waals surface area contributed by atoms with Gasteiger partial charge in [0.05, 0.1) is 5.52 Å². The Morgan fingerprint density at radius 3 is 2.44 bits per heavy atom. The first kappa shape index (κ1) is 11.0. The molecular weight excluding hydrogens is 246 g/mol. The zero-order chi connectivity index (χ0) is 12.5. The molecule has 2 N–H and O–H groups in total. The van der Waals surface area contributed by atoms with Gasteiger partial charge >= 0.3 is 0 Å². The lowest BCUT2D eigenvalue weighted by Gasteiger charge is -2.07. The van der Waals surface area contributed by atoms with E-state index in [1.54, 1.807) is 0 Å². The van der Waals surface area contributed by atoms with Crippen LogP contribution in [0.3, 0.4) is 0 Å². The number of rotatable bonds is 1. The first-order chi connectivity index (χ1) is 8.75. The van der Waals surface area contributed by atoms with E-state index in [4.69, 9.17) is 17.3 Å². The highest BCUT2D eigenvalue weighted by molar-refractivity contribution is 6.29. The Labute approximate surface area is 109 Å². The first-order valence-electron chi connectivity index (χ1n) is 5.53. The zero-order valence-corrected chi connectivity index (χ0v) is 10.2. The lowest BCUT2D eigenvalue weighted by molar-refractivity contribution is 1.23. The summed E-state index contributed by atoms with van der Waals surface area (Å²) in [4.78, 5) is 8.26. The van der Waals surface area contributed by atoms with Gasteiger partial charge in [0.25, 0.3) is 0 Å². The number of nitrogens with two attached hydrogens (primary N) is 1. The Morgan fingerprint density at radius 2 is 1.67 bits per heavy atom. The smallest absolute Gasteiger partial charge is 0.224 e. The molecule has 0 unspecified atom stereocenters. The van der Waals surface area contributed by atoms with Crippen LogP contribution in [0.4, 0.5) is 5.82 Å². The third kappa shape index (κ3) is 1.79. The maximum atomic E-state index is 5.88. The lowest BCUT2D eigenvalue weighted by Crippen LogP contribution is -1.96. The molecule has 0 aliphatic rings. The van der Waals surface area contributed by atoms with Crippen LogP contribution in [0.5, 0.6) is 0 Å². The number of hydrogen-bond acceptors (Lipinski definition) is 3. The fraction of sp³-hybridized carbons (Fsp3) is 0. The minimum atomic E-state index is 0.170. The molecule has 3 aromatic rings. The first-order valence-corrected chi connectivity index (χ1v) is 5.90. The fourth-order valence-corrected chi connectivity index (χ4v) is 2.17. The van der Waals surface area contributed by atoms with Gasteiger partial charge in [-0.25, -0.2) is 9.97 Å². The van der Waals surface area contributed by atoms with Crippen molar-refractivity contribution in [2.75, 3.05) is 5.73 Å². The molecule has 1 aromatic heterocycles. The Kier molecular flexibility index (Phi) is 2.61. The Bertz CT molecular complexity index is 711. The topological polar surface area (TPSA) is 51.8 Å². The largest absolute Gasteiger partial charge is 0.383 e. The van der Waals surface area contributed by atoms with Gasteiger partial charge in [0.2, 0.25) is 5.28 Å². The van der Waals surface area contributed by atoms with E-state index in [0.29, 0.717) is 5.82 Å². The van der Waals surface area contributed by atoms with Gasteiger partial charge < -0.3 is 5.73 Å². The van der Waals surface area contributed by atoms with E-state index >= 15 is 0 Å². The van der Waals surface area contributed by atoms with Crippen LogP contribution in [0.2, 0.25) is 5.28 Å². The SMILES string of the molecule is Nc1nc(Cl)nc2c(-c3ccccc3)cccc12. The number of benzene rings is 2. The molecule has 0 fully saturated rings. The van der Waals surface area contributed by atoms with Crippen LogP contribution >= 0.6 is 11.6 Å². The summed E-state index contributed by atoms with van der Waals surface area (Å²) < 4.78 is 0. The second-order valence-electron chi connectivity index (χ2n) is 3.95. The number of anilines is 1. The van der Waals surface area contributed by atoms with E-state index in [0.717, 1.165) is 22.0 Å². The molecule has 3 rings (SSSR count). The van der Waals surface area contributed by atoms with Crippen molar-refractivity contribution in [3.63, 3.8) is 0 Å². The summed E-state index contributed by atoms with van der Waals surface area (Å²) >= 11 is 5.88. The van der Waals surface area contributed by atoms with Crippen molar-refractivity contribution < 1.29 is 0 Å². The van der Waals surface area contributed by atoms with Gasteiger partial charge in [0, 0.05) is 10.9 Å². The van der Waals surface area contributed by atoms with Crippen molar-refractivity contribution in [1.82, 2.24) is 9.97 Å². The number of para-hydroxylation sites is 1. The summed E-state index contributed by atoms with van der Waals surface area (Å²) in [5, 5.41) is 0.990. The van der Waals surface area contributed by atoms with Crippen LogP contribution in [-0.4, -0.2) is 9.97 Å². The van der Waals surface area contributed by atoms with Crippen LogP contribution in [0.1, 0.15) is 0 Å². The van der Waals surface area contributed by atoms with E-state index in [1.807, 2.05) is 48.5 Å². The summed E-state index contributed by atoms with van der Waals surface area (Å²) in [5.41, 5.74) is 8.73. The number of hydrogen-bond donors (Lipinski definition) is 1. The molecule has 0 saturated heterocycles. The predicted molar refractivity (Wildman–Crippen MR) is 74.4 cm³/mol. The van der Waals surface area contributed by atoms with Crippen molar-refractivity contribution in [2.24, 2.45) is 0 Å². The fourth-order valence-electron chi connectivity index (χ4n) is 2.00. The minimum Gasteiger partial charge on any atom is -0.383 e. The number of halogens is 1. The Hall–Kier alpha value is -2.13. The summed E-state index contributed by atoms with van der Waals surface area (Å²) in [6, 6.07) is 15.8. The highest BCUT2D eigenvalue weighted by Gasteiger charge is 2.09. The summed E-state index contributed by atoms with van der Waals surface area (Å²) in [7, 11) is 0. The second-order valence-corrected chi connectivity index (χ2v) is 4.28. The highest BCUT2D eigenvalue weighted by Crippen LogP contribution is 2.29. The molecule has 0 saturated carbocycles. The number of nitrogen functional groups attached to an aromatic ring is 1. The van der Waals surface area contributed by atoms with Gasteiger partial charge in [-0.15, -0.1) is 0 Å². The molecule has 0 atom stereocenters. The van der Waals surface area contributed by atoms with Crippen LogP contribution in [0, 0.1) is 0 Å². The summed E-state index contributed by atoms with van der Waals surface area (Å²) in [5.74, 6) is 0.405. The van der Waals surface area contributed by atoms with Crippen LogP contribution in [-0.2, 0) is 0 Å². The molecule has 1 heterocycles. The molecule has 2 aromatic carbocycles. The van der Waals surface area contributed by atoms with Crippen LogP contribution < -0.4 is 5.73 Å². The van der Waals surface area contributed by atoms with Gasteiger partial charge in [0.15, 0.2) is 0 Å². The number of nitrogens with zero attached hydrogens (tertiary/aromatic N) is 2. The molecule has 0 amide bonds. The maximum Gasteiger partial charge on any atom is 0.224 e. The third-order valence-electron chi connectivity index (χ3n) is 2.81. The summed E-state index contributed by atoms with van der Waals surface area (Å²) in [6.07, 6.45) is 0. The molecule has 18 heavy (non-hydrogen) atoms. The third-order valence-corrected chi connectivity index (χ3v) is 2.98.